The SMILES string of the molecule is CC(C)(C)OC(=O)N[C@H]1CCCCC/C=C\[C@@H]2C[C@@]2(C(=O)O)NC(=O)[C@@H]2C[C@@H](OC(=O)N3CCc4nc(Nc5ccccc5)sc4C3)CN2C1=O. The number of aliphatic carboxylic acids is 1. The molecular formula is C36H46N6O8S. The lowest BCUT2D eigenvalue weighted by atomic mass is 10.0. The predicted octanol–water partition coefficient (Wildman–Crippen LogP) is 4.72. The van der Waals surface area contributed by atoms with Gasteiger partial charge in [-0.05, 0) is 58.6 Å². The van der Waals surface area contributed by atoms with E-state index >= 15 is 0 Å². The van der Waals surface area contributed by atoms with E-state index in [-0.39, 0.29) is 25.3 Å². The number of amides is 4. The molecule has 4 heterocycles. The van der Waals surface area contributed by atoms with Gasteiger partial charge in [-0.2, -0.15) is 0 Å². The second-order valence-corrected chi connectivity index (χ2v) is 15.7. The van der Waals surface area contributed by atoms with Crippen LogP contribution in [0.5, 0.6) is 0 Å². The van der Waals surface area contributed by atoms with Crippen LogP contribution < -0.4 is 16.0 Å². The number of allylic oxidation sites excluding steroid dienone is 1. The fourth-order valence-electron chi connectivity index (χ4n) is 6.86. The third-order valence-corrected chi connectivity index (χ3v) is 10.6. The first-order chi connectivity index (χ1) is 24.3. The van der Waals surface area contributed by atoms with Crippen molar-refractivity contribution in [2.24, 2.45) is 5.92 Å². The number of anilines is 2. The number of nitrogens with one attached hydrogen (secondary N) is 3. The summed E-state index contributed by atoms with van der Waals surface area (Å²) < 4.78 is 11.4. The molecule has 0 spiro atoms. The summed E-state index contributed by atoms with van der Waals surface area (Å²) in [5.41, 5.74) is -0.441. The van der Waals surface area contributed by atoms with E-state index in [0.717, 1.165) is 40.7 Å². The van der Waals surface area contributed by atoms with Crippen molar-refractivity contribution < 1.29 is 38.6 Å². The summed E-state index contributed by atoms with van der Waals surface area (Å²) in [4.78, 5) is 75.4. The number of carboxylic acid groups (broad SMARTS) is 1. The first-order valence-corrected chi connectivity index (χ1v) is 18.4. The summed E-state index contributed by atoms with van der Waals surface area (Å²) in [6.45, 7) is 5.77. The molecule has 15 heteroatoms. The van der Waals surface area contributed by atoms with Gasteiger partial charge >= 0.3 is 18.2 Å². The van der Waals surface area contributed by atoms with Gasteiger partial charge in [-0.1, -0.05) is 54.5 Å². The summed E-state index contributed by atoms with van der Waals surface area (Å²) in [5.74, 6) is -2.68. The Morgan fingerprint density at radius 2 is 1.90 bits per heavy atom. The quantitative estimate of drug-likeness (QED) is 0.316. The average molecular weight is 723 g/mol. The summed E-state index contributed by atoms with van der Waals surface area (Å²) in [6.07, 6.45) is 5.63. The molecule has 2 fully saturated rings. The van der Waals surface area contributed by atoms with E-state index in [1.54, 1.807) is 25.7 Å². The fraction of sp³-hybridized carbons (Fsp3) is 0.556. The molecule has 274 valence electrons. The van der Waals surface area contributed by atoms with Gasteiger partial charge in [0, 0.05) is 35.9 Å². The zero-order valence-electron chi connectivity index (χ0n) is 29.2. The monoisotopic (exact) mass is 722 g/mol. The minimum atomic E-state index is -1.47. The third-order valence-electron chi connectivity index (χ3n) is 9.59. The molecule has 0 unspecified atom stereocenters. The lowest BCUT2D eigenvalue weighted by Gasteiger charge is -2.30. The van der Waals surface area contributed by atoms with Crippen LogP contribution in [0.1, 0.15) is 76.3 Å². The van der Waals surface area contributed by atoms with Crippen LogP contribution in [0.4, 0.5) is 20.4 Å². The largest absolute Gasteiger partial charge is 0.479 e. The molecule has 1 aromatic carbocycles. The highest BCUT2D eigenvalue weighted by atomic mass is 32.1. The Labute approximate surface area is 300 Å². The van der Waals surface area contributed by atoms with E-state index in [1.807, 2.05) is 42.5 Å². The summed E-state index contributed by atoms with van der Waals surface area (Å²) in [6, 6.07) is 7.57. The van der Waals surface area contributed by atoms with Crippen LogP contribution in [-0.2, 0) is 36.8 Å². The van der Waals surface area contributed by atoms with Crippen LogP contribution in [0.15, 0.2) is 42.5 Å². The van der Waals surface area contributed by atoms with Crippen molar-refractivity contribution in [3.63, 3.8) is 0 Å². The molecule has 0 radical (unpaired) electrons. The van der Waals surface area contributed by atoms with E-state index < -0.39 is 59.3 Å². The van der Waals surface area contributed by atoms with E-state index in [1.165, 1.54) is 16.2 Å². The number of fused-ring (bicyclic) bond motifs is 3. The molecule has 4 aliphatic rings. The molecule has 3 aliphatic heterocycles. The van der Waals surface area contributed by atoms with Crippen molar-refractivity contribution in [2.45, 2.75) is 108 Å². The van der Waals surface area contributed by atoms with Gasteiger partial charge in [0.25, 0.3) is 0 Å². The van der Waals surface area contributed by atoms with E-state index in [9.17, 15) is 29.1 Å². The minimum Gasteiger partial charge on any atom is -0.479 e. The zero-order valence-corrected chi connectivity index (χ0v) is 30.0. The molecule has 6 rings (SSSR count). The van der Waals surface area contributed by atoms with Crippen LogP contribution in [0.2, 0.25) is 0 Å². The number of aromatic nitrogens is 1. The van der Waals surface area contributed by atoms with Crippen molar-refractivity contribution in [3.8, 4) is 0 Å². The molecular weight excluding hydrogens is 676 g/mol. The fourth-order valence-corrected chi connectivity index (χ4v) is 7.91. The molecule has 1 saturated heterocycles. The maximum absolute atomic E-state index is 14.2. The number of ether oxygens (including phenoxy) is 2. The summed E-state index contributed by atoms with van der Waals surface area (Å²) >= 11 is 1.47. The van der Waals surface area contributed by atoms with Crippen LogP contribution >= 0.6 is 11.3 Å². The van der Waals surface area contributed by atoms with Gasteiger partial charge in [0.15, 0.2) is 5.13 Å². The normalized spacial score (nSPS) is 27.4. The van der Waals surface area contributed by atoms with E-state index in [2.05, 4.69) is 16.0 Å². The highest BCUT2D eigenvalue weighted by molar-refractivity contribution is 7.15. The van der Waals surface area contributed by atoms with Crippen LogP contribution in [0, 0.1) is 5.92 Å². The molecule has 0 bridgehead atoms. The molecule has 5 atom stereocenters. The Morgan fingerprint density at radius 1 is 1.12 bits per heavy atom. The first-order valence-electron chi connectivity index (χ1n) is 17.6. The second-order valence-electron chi connectivity index (χ2n) is 14.6. The number of alkyl carbamates (subject to hydrolysis) is 1. The first kappa shape index (κ1) is 36.1. The van der Waals surface area contributed by atoms with Crippen LogP contribution in [-0.4, -0.2) is 92.3 Å². The highest BCUT2D eigenvalue weighted by Gasteiger charge is 2.61. The Bertz CT molecular complexity index is 1670. The van der Waals surface area contributed by atoms with Gasteiger partial charge < -0.3 is 40.3 Å². The van der Waals surface area contributed by atoms with Gasteiger partial charge in [0.1, 0.15) is 29.3 Å². The molecule has 2 aromatic rings. The highest BCUT2D eigenvalue weighted by Crippen LogP contribution is 2.45. The maximum atomic E-state index is 14.2. The van der Waals surface area contributed by atoms with Crippen LogP contribution in [0.3, 0.4) is 0 Å². The molecule has 1 aliphatic carbocycles. The maximum Gasteiger partial charge on any atom is 0.410 e. The number of benzene rings is 1. The lowest BCUT2D eigenvalue weighted by Crippen LogP contribution is -2.56. The number of nitrogens with zero attached hydrogens (tertiary/aromatic N) is 3. The Kier molecular flexibility index (Phi) is 10.6. The van der Waals surface area contributed by atoms with Gasteiger partial charge in [0.05, 0.1) is 18.8 Å². The van der Waals surface area contributed by atoms with E-state index in [0.29, 0.717) is 32.4 Å². The number of carbonyl (C=O) groups excluding carboxylic acids is 4. The number of para-hydroxylation sites is 1. The number of hydrogen-bond acceptors (Lipinski definition) is 10. The molecule has 4 N–H and O–H groups in total. The Hall–Kier alpha value is -4.66. The number of rotatable bonds is 5. The van der Waals surface area contributed by atoms with Gasteiger partial charge in [-0.15, -0.1) is 0 Å². The van der Waals surface area contributed by atoms with Crippen molar-refractivity contribution in [3.05, 3.63) is 53.1 Å². The molecule has 4 amide bonds. The van der Waals surface area contributed by atoms with Crippen molar-refractivity contribution in [1.29, 1.82) is 0 Å². The second kappa shape index (κ2) is 14.9. The van der Waals surface area contributed by atoms with Crippen molar-refractivity contribution in [2.75, 3.05) is 18.4 Å². The smallest absolute Gasteiger partial charge is 0.410 e. The van der Waals surface area contributed by atoms with Gasteiger partial charge in [-0.3, -0.25) is 9.59 Å². The molecule has 1 saturated carbocycles. The minimum absolute atomic E-state index is 0.0243. The van der Waals surface area contributed by atoms with Gasteiger partial charge in [-0.25, -0.2) is 19.4 Å². The zero-order chi connectivity index (χ0) is 36.3. The number of hydrogen-bond donors (Lipinski definition) is 4. The van der Waals surface area contributed by atoms with Crippen LogP contribution in [0.25, 0.3) is 0 Å². The average Bonchev–Trinajstić information content (AvgIpc) is 3.38. The topological polar surface area (TPSA) is 180 Å². The lowest BCUT2D eigenvalue weighted by molar-refractivity contribution is -0.145. The Balaban J connectivity index is 1.18. The number of carboxylic acids is 1. The predicted molar refractivity (Wildman–Crippen MR) is 188 cm³/mol. The van der Waals surface area contributed by atoms with Crippen molar-refractivity contribution >= 4 is 52.1 Å². The summed E-state index contributed by atoms with van der Waals surface area (Å²) in [5, 5.41) is 19.6. The molecule has 1 aromatic heterocycles. The molecule has 14 nitrogen and oxygen atoms in total. The van der Waals surface area contributed by atoms with E-state index in [4.69, 9.17) is 14.5 Å². The number of thiazole rings is 1. The molecule has 51 heavy (non-hydrogen) atoms. The summed E-state index contributed by atoms with van der Waals surface area (Å²) in [7, 11) is 0. The number of carbonyl (C=O) groups is 5. The third kappa shape index (κ3) is 8.63. The van der Waals surface area contributed by atoms with Gasteiger partial charge in [0.2, 0.25) is 11.8 Å². The van der Waals surface area contributed by atoms with Crippen molar-refractivity contribution in [1.82, 2.24) is 25.4 Å². The Morgan fingerprint density at radius 3 is 2.65 bits per heavy atom. The standard InChI is InChI=1S/C36H46N6O8S/c1-35(2,3)50-33(47)39-26-15-11-6-4-5-8-12-22-19-36(22,31(45)46)40-29(43)27-18-24(20-42(27)30(26)44)49-34(48)41-17-16-25-28(21-41)51-32(38-25)37-23-13-9-7-10-14-23/h7-10,12-14,22,24,26-27H,4-6,11,15-21H2,1-3H3,(H,37,38)(H,39,47)(H,40,43)(H,45,46)/b12-8-/t22-,24-,26+,27+,36-/m1/s1.